The third-order valence-corrected chi connectivity index (χ3v) is 4.26. The van der Waals surface area contributed by atoms with Gasteiger partial charge in [0.15, 0.2) is 10.2 Å². The SMILES string of the molecule is O=[N+]([O-])c1nn(Cc2nc(Cn3nc([N+](=O)[O-])c([N+](=O)[O-])c3[N+](=O)[O-])n([N+](=O)[O-])n2)c([N+](=O)[O-])c1[N+](=O)[O-]. The van der Waals surface area contributed by atoms with Gasteiger partial charge in [0.25, 0.3) is 0 Å². The molecule has 0 fully saturated rings. The van der Waals surface area contributed by atoms with Crippen molar-refractivity contribution in [3.63, 3.8) is 0 Å². The Bertz CT molecular complexity index is 1580. The molecule has 38 heavy (non-hydrogen) atoms. The summed E-state index contributed by atoms with van der Waals surface area (Å²) in [5.74, 6) is -7.96. The molecule has 0 aliphatic heterocycles. The molecular weight excluding hydrogens is 540 g/mol. The van der Waals surface area contributed by atoms with Gasteiger partial charge in [0.2, 0.25) is 18.9 Å². The Morgan fingerprint density at radius 1 is 0.553 bits per heavy atom. The molecule has 3 rings (SSSR count). The fourth-order valence-electron chi connectivity index (χ4n) is 2.96. The Kier molecular flexibility index (Phi) is 6.28. The van der Waals surface area contributed by atoms with Crippen molar-refractivity contribution < 1.29 is 34.6 Å². The molecule has 0 aliphatic carbocycles. The summed E-state index contributed by atoms with van der Waals surface area (Å²) in [5, 5.41) is 86.7. The van der Waals surface area contributed by atoms with Crippen LogP contribution in [0.1, 0.15) is 11.6 Å². The Morgan fingerprint density at radius 2 is 0.974 bits per heavy atom. The fourth-order valence-corrected chi connectivity index (χ4v) is 2.96. The van der Waals surface area contributed by atoms with Crippen molar-refractivity contribution in [3.05, 3.63) is 82.4 Å². The average molecular weight is 544 g/mol. The molecule has 3 aromatic heterocycles. The van der Waals surface area contributed by atoms with Gasteiger partial charge >= 0.3 is 40.5 Å². The summed E-state index contributed by atoms with van der Waals surface area (Å²) in [6, 6.07) is 0. The van der Waals surface area contributed by atoms with Crippen LogP contribution < -0.4 is 0 Å². The molecule has 3 heterocycles. The van der Waals surface area contributed by atoms with E-state index in [1.807, 2.05) is 0 Å². The zero-order valence-corrected chi connectivity index (χ0v) is 17.4. The van der Waals surface area contributed by atoms with Crippen LogP contribution in [-0.4, -0.2) is 69.0 Å². The minimum atomic E-state index is -1.65. The van der Waals surface area contributed by atoms with Crippen LogP contribution in [0, 0.1) is 70.8 Å². The number of aromatic nitrogens is 7. The molecular formula is C10H4N14O14. The summed E-state index contributed by atoms with van der Waals surface area (Å²) in [5.41, 5.74) is -3.28. The molecule has 0 bridgehead atoms. The molecule has 0 saturated carbocycles. The molecule has 0 aliphatic rings. The monoisotopic (exact) mass is 544 g/mol. The molecule has 0 aromatic carbocycles. The number of hydrogen-bond acceptors (Lipinski definition) is 18. The number of nitro groups is 7. The lowest BCUT2D eigenvalue weighted by Crippen LogP contribution is -2.18. The number of hydrogen-bond donors (Lipinski definition) is 0. The molecule has 3 aromatic rings. The summed E-state index contributed by atoms with van der Waals surface area (Å²) < 4.78 is 0.0990. The highest BCUT2D eigenvalue weighted by molar-refractivity contribution is 5.60. The Labute approximate surface area is 200 Å². The van der Waals surface area contributed by atoms with E-state index in [1.54, 1.807) is 0 Å². The summed E-state index contributed by atoms with van der Waals surface area (Å²) in [6.45, 7) is -2.35. The van der Waals surface area contributed by atoms with E-state index in [1.165, 1.54) is 0 Å². The molecule has 0 spiro atoms. The quantitative estimate of drug-likeness (QED) is 0.211. The summed E-state index contributed by atoms with van der Waals surface area (Å²) in [6.07, 6.45) is 0. The molecule has 0 unspecified atom stereocenters. The standard InChI is InChI=1S/C10H4N14O14/c25-18(26)5-7(20(29)30)13-15(9(5)22(33)34)1-3-11-4(17(12-3)24(37)38)2-16-10(23(35)36)6(19(27)28)8(14-16)21(31)32/h1-2H2. The van der Waals surface area contributed by atoms with Gasteiger partial charge in [0.1, 0.15) is 0 Å². The van der Waals surface area contributed by atoms with E-state index in [2.05, 4.69) is 20.3 Å². The van der Waals surface area contributed by atoms with Crippen LogP contribution in [-0.2, 0) is 13.1 Å². The second-order valence-corrected chi connectivity index (χ2v) is 6.42. The van der Waals surface area contributed by atoms with Gasteiger partial charge in [0, 0.05) is 0 Å². The van der Waals surface area contributed by atoms with E-state index in [0.29, 0.717) is 0 Å². The van der Waals surface area contributed by atoms with Crippen LogP contribution in [0.5, 0.6) is 0 Å². The van der Waals surface area contributed by atoms with Gasteiger partial charge in [-0.2, -0.15) is 4.98 Å². The number of nitrogens with zero attached hydrogens (tertiary/aromatic N) is 14. The maximum Gasteiger partial charge on any atom is 0.498 e. The van der Waals surface area contributed by atoms with E-state index in [0.717, 1.165) is 0 Å². The second-order valence-electron chi connectivity index (χ2n) is 6.42. The molecule has 0 atom stereocenters. The Hall–Kier alpha value is -6.64. The predicted octanol–water partition coefficient (Wildman–Crippen LogP) is -0.743. The lowest BCUT2D eigenvalue weighted by Gasteiger charge is -1.95. The first kappa shape index (κ1) is 26.0. The smallest absolute Gasteiger partial charge is 0.358 e. The van der Waals surface area contributed by atoms with E-state index in [-0.39, 0.29) is 14.2 Å². The van der Waals surface area contributed by atoms with Crippen molar-refractivity contribution in [2.24, 2.45) is 0 Å². The van der Waals surface area contributed by atoms with E-state index in [9.17, 15) is 70.8 Å². The minimum absolute atomic E-state index is 0.0239. The maximum absolute atomic E-state index is 11.4. The van der Waals surface area contributed by atoms with Crippen molar-refractivity contribution >= 4 is 34.6 Å². The first-order chi connectivity index (χ1) is 17.6. The lowest BCUT2D eigenvalue weighted by molar-refractivity contribution is -0.554. The first-order valence-corrected chi connectivity index (χ1v) is 8.83. The van der Waals surface area contributed by atoms with Crippen LogP contribution in [0.2, 0.25) is 0 Å². The van der Waals surface area contributed by atoms with Crippen LogP contribution in [0.4, 0.5) is 34.6 Å². The molecule has 0 amide bonds. The first-order valence-electron chi connectivity index (χ1n) is 8.83. The maximum atomic E-state index is 11.4. The molecule has 198 valence electrons. The van der Waals surface area contributed by atoms with Crippen molar-refractivity contribution in [2.45, 2.75) is 13.1 Å². The molecule has 0 N–H and O–H groups in total. The molecule has 0 saturated heterocycles. The van der Waals surface area contributed by atoms with Crippen LogP contribution in [0.3, 0.4) is 0 Å². The van der Waals surface area contributed by atoms with Crippen LogP contribution in [0.25, 0.3) is 0 Å². The predicted molar refractivity (Wildman–Crippen MR) is 105 cm³/mol. The third-order valence-electron chi connectivity index (χ3n) is 4.26. The van der Waals surface area contributed by atoms with Gasteiger partial charge in [-0.3, -0.25) is 20.2 Å². The summed E-state index contributed by atoms with van der Waals surface area (Å²) >= 11 is 0. The summed E-state index contributed by atoms with van der Waals surface area (Å²) in [7, 11) is 0. The van der Waals surface area contributed by atoms with E-state index in [4.69, 9.17) is 0 Å². The highest BCUT2D eigenvalue weighted by atomic mass is 16.7. The van der Waals surface area contributed by atoms with Crippen LogP contribution >= 0.6 is 0 Å². The largest absolute Gasteiger partial charge is 0.498 e. The van der Waals surface area contributed by atoms with Gasteiger partial charge < -0.3 is 50.6 Å². The van der Waals surface area contributed by atoms with E-state index < -0.39 is 94.0 Å². The van der Waals surface area contributed by atoms with Crippen molar-refractivity contribution in [2.75, 3.05) is 0 Å². The molecule has 0 radical (unpaired) electrons. The van der Waals surface area contributed by atoms with Gasteiger partial charge in [0.05, 0.1) is 24.8 Å². The fraction of sp³-hybridized carbons (Fsp3) is 0.200. The summed E-state index contributed by atoms with van der Waals surface area (Å²) in [4.78, 5) is 73.1. The zero-order chi connectivity index (χ0) is 28.6. The minimum Gasteiger partial charge on any atom is -0.358 e. The highest BCUT2D eigenvalue weighted by Crippen LogP contribution is 2.37. The molecule has 28 nitrogen and oxygen atoms in total. The number of rotatable bonds is 11. The van der Waals surface area contributed by atoms with Gasteiger partial charge in [-0.25, -0.2) is 0 Å². The zero-order valence-electron chi connectivity index (χ0n) is 17.4. The van der Waals surface area contributed by atoms with Gasteiger partial charge in [-0.15, -0.1) is 0 Å². The Morgan fingerprint density at radius 3 is 1.32 bits per heavy atom. The topological polar surface area (TPSA) is 368 Å². The van der Waals surface area contributed by atoms with Gasteiger partial charge in [-0.05, 0) is 29.1 Å². The molecule has 28 heteroatoms. The lowest BCUT2D eigenvalue weighted by atomic mass is 10.4. The average Bonchev–Trinajstić information content (AvgIpc) is 3.47. The second kappa shape index (κ2) is 9.19. The Balaban J connectivity index is 2.15. The van der Waals surface area contributed by atoms with Crippen LogP contribution in [0.15, 0.2) is 0 Å². The van der Waals surface area contributed by atoms with Gasteiger partial charge in [-0.1, -0.05) is 0 Å². The van der Waals surface area contributed by atoms with Crippen molar-refractivity contribution in [1.82, 2.24) is 34.4 Å². The third kappa shape index (κ3) is 4.39. The highest BCUT2D eigenvalue weighted by Gasteiger charge is 2.49. The normalized spacial score (nSPS) is 10.7. The van der Waals surface area contributed by atoms with Crippen molar-refractivity contribution in [1.29, 1.82) is 0 Å². The van der Waals surface area contributed by atoms with Crippen molar-refractivity contribution in [3.8, 4) is 0 Å². The van der Waals surface area contributed by atoms with E-state index >= 15 is 0 Å².